The molecular formula is C15H14ClN. The van der Waals surface area contributed by atoms with Crippen molar-refractivity contribution in [3.63, 3.8) is 0 Å². The molecule has 0 bridgehead atoms. The summed E-state index contributed by atoms with van der Waals surface area (Å²) in [4.78, 5) is 0. The third-order valence-corrected chi connectivity index (χ3v) is 7.57. The van der Waals surface area contributed by atoms with Crippen molar-refractivity contribution < 1.29 is 0 Å². The van der Waals surface area contributed by atoms with Crippen molar-refractivity contribution in [3.05, 3.63) is 34.9 Å². The third-order valence-electron chi connectivity index (χ3n) is 7.32. The van der Waals surface area contributed by atoms with Gasteiger partial charge in [-0.1, -0.05) is 23.7 Å². The van der Waals surface area contributed by atoms with Crippen molar-refractivity contribution >= 4 is 11.6 Å². The quantitative estimate of drug-likeness (QED) is 0.849. The van der Waals surface area contributed by atoms with Crippen molar-refractivity contribution in [1.82, 2.24) is 0 Å². The second-order valence-electron chi connectivity index (χ2n) is 6.92. The summed E-state index contributed by atoms with van der Waals surface area (Å²) in [7, 11) is 0. The molecule has 0 amide bonds. The molecule has 0 heterocycles. The number of nitrogens with two attached hydrogens (primary N) is 1. The average Bonchev–Trinajstić information content (AvgIpc) is 2.39. The van der Waals surface area contributed by atoms with Crippen molar-refractivity contribution in [2.45, 2.75) is 6.04 Å². The predicted octanol–water partition coefficient (Wildman–Crippen LogP) is 2.71. The Morgan fingerprint density at radius 1 is 0.941 bits per heavy atom. The van der Waals surface area contributed by atoms with Crippen LogP contribution in [0.3, 0.4) is 0 Å². The first kappa shape index (κ1) is 8.55. The summed E-state index contributed by atoms with van der Waals surface area (Å²) >= 11 is 5.95. The van der Waals surface area contributed by atoms with E-state index >= 15 is 0 Å². The molecule has 7 rings (SSSR count). The largest absolute Gasteiger partial charge is 0.323 e. The molecule has 1 aromatic rings. The molecular weight excluding hydrogens is 230 g/mol. The number of halogens is 1. The second kappa shape index (κ2) is 2.08. The van der Waals surface area contributed by atoms with E-state index in [0.717, 1.165) is 40.5 Å². The van der Waals surface area contributed by atoms with E-state index in [1.165, 1.54) is 11.5 Å². The van der Waals surface area contributed by atoms with Crippen molar-refractivity contribution in [3.8, 4) is 0 Å². The molecule has 0 aliphatic heterocycles. The third kappa shape index (κ3) is 0.520. The Bertz CT molecular complexity index is 512. The van der Waals surface area contributed by atoms with Crippen LogP contribution < -0.4 is 5.73 Å². The molecule has 2 N–H and O–H groups in total. The molecule has 6 aliphatic carbocycles. The maximum absolute atomic E-state index is 6.60. The summed E-state index contributed by atoms with van der Waals surface area (Å²) in [6, 6.07) is 8.52. The maximum Gasteiger partial charge on any atom is 0.0406 e. The van der Waals surface area contributed by atoms with E-state index in [2.05, 4.69) is 12.1 Å². The zero-order valence-electron chi connectivity index (χ0n) is 9.38. The van der Waals surface area contributed by atoms with Gasteiger partial charge < -0.3 is 5.73 Å². The van der Waals surface area contributed by atoms with Gasteiger partial charge in [-0.25, -0.2) is 0 Å². The lowest BCUT2D eigenvalue weighted by molar-refractivity contribution is -0.619. The Morgan fingerprint density at radius 3 is 2.00 bits per heavy atom. The fourth-order valence-corrected chi connectivity index (χ4v) is 7.23. The standard InChI is InChI=1S/C15H14ClN/c16-6-3-1-5(2-4-6)14(17)15-11-8-7-9(11)13(15)10(7)12(8)15/h1-4,7-14H,17H2. The lowest BCUT2D eigenvalue weighted by Crippen LogP contribution is -3.06. The van der Waals surface area contributed by atoms with Crippen LogP contribution in [0.5, 0.6) is 0 Å². The topological polar surface area (TPSA) is 26.0 Å². The Hall–Kier alpha value is -0.530. The number of hydrogen-bond donors (Lipinski definition) is 1. The first-order chi connectivity index (χ1) is 8.28. The van der Waals surface area contributed by atoms with Gasteiger partial charge in [-0.05, 0) is 64.5 Å². The van der Waals surface area contributed by atoms with E-state index < -0.39 is 0 Å². The smallest absolute Gasteiger partial charge is 0.0406 e. The molecule has 17 heavy (non-hydrogen) atoms. The van der Waals surface area contributed by atoms with E-state index in [0.29, 0.717) is 5.41 Å². The summed E-state index contributed by atoms with van der Waals surface area (Å²) in [5, 5.41) is 0.815. The molecule has 1 atom stereocenters. The molecule has 0 aromatic heterocycles. The van der Waals surface area contributed by atoms with Crippen LogP contribution in [-0.4, -0.2) is 0 Å². The Labute approximate surface area is 105 Å². The zero-order chi connectivity index (χ0) is 11.1. The molecule has 6 aliphatic rings. The summed E-state index contributed by atoms with van der Waals surface area (Å²) in [5.41, 5.74) is 8.47. The van der Waals surface area contributed by atoms with Crippen LogP contribution in [0, 0.1) is 46.8 Å². The van der Waals surface area contributed by atoms with E-state index in [1.807, 2.05) is 12.1 Å². The van der Waals surface area contributed by atoms with Gasteiger partial charge in [-0.2, -0.15) is 0 Å². The van der Waals surface area contributed by atoms with Gasteiger partial charge in [0, 0.05) is 11.1 Å². The van der Waals surface area contributed by atoms with Gasteiger partial charge in [-0.15, -0.1) is 0 Å². The summed E-state index contributed by atoms with van der Waals surface area (Å²) < 4.78 is 0. The lowest BCUT2D eigenvalue weighted by Gasteiger charge is -3.08. The highest BCUT2D eigenvalue weighted by Crippen LogP contribution is 3.07. The number of rotatable bonds is 2. The van der Waals surface area contributed by atoms with Gasteiger partial charge in [0.25, 0.3) is 0 Å². The van der Waals surface area contributed by atoms with Crippen LogP contribution >= 0.6 is 11.6 Å². The van der Waals surface area contributed by atoms with Crippen LogP contribution in [0.25, 0.3) is 0 Å². The van der Waals surface area contributed by atoms with Crippen molar-refractivity contribution in [1.29, 1.82) is 0 Å². The van der Waals surface area contributed by atoms with Gasteiger partial charge in [0.15, 0.2) is 0 Å². The van der Waals surface area contributed by atoms with Crippen LogP contribution in [0.2, 0.25) is 5.02 Å². The highest BCUT2D eigenvalue weighted by molar-refractivity contribution is 6.30. The summed E-state index contributed by atoms with van der Waals surface area (Å²) in [6.07, 6.45) is 0. The first-order valence-corrected chi connectivity index (χ1v) is 7.17. The molecule has 1 unspecified atom stereocenters. The predicted molar refractivity (Wildman–Crippen MR) is 65.2 cm³/mol. The van der Waals surface area contributed by atoms with Gasteiger partial charge in [-0.3, -0.25) is 0 Å². The van der Waals surface area contributed by atoms with Gasteiger partial charge in [0.2, 0.25) is 0 Å². The van der Waals surface area contributed by atoms with E-state index in [1.54, 1.807) is 0 Å². The Morgan fingerprint density at radius 2 is 1.47 bits per heavy atom. The fraction of sp³-hybridized carbons (Fsp3) is 0.600. The van der Waals surface area contributed by atoms with Crippen molar-refractivity contribution in [2.24, 2.45) is 52.6 Å². The number of benzene rings is 1. The highest BCUT2D eigenvalue weighted by Gasteiger charge is 3.04. The Kier molecular flexibility index (Phi) is 1.05. The minimum absolute atomic E-state index is 0.282. The second-order valence-corrected chi connectivity index (χ2v) is 7.35. The molecule has 0 spiro atoms. The van der Waals surface area contributed by atoms with E-state index in [-0.39, 0.29) is 6.04 Å². The SMILES string of the molecule is NC(c1ccc(Cl)cc1)C12C3C4C5C3C1C5C42. The van der Waals surface area contributed by atoms with E-state index in [9.17, 15) is 0 Å². The normalized spacial score (nSPS) is 63.3. The summed E-state index contributed by atoms with van der Waals surface area (Å²) in [6.45, 7) is 0. The van der Waals surface area contributed by atoms with Crippen molar-refractivity contribution in [2.75, 3.05) is 0 Å². The average molecular weight is 244 g/mol. The number of hydrogen-bond acceptors (Lipinski definition) is 1. The molecule has 6 fully saturated rings. The summed E-state index contributed by atoms with van der Waals surface area (Å²) in [5.74, 6) is 7.61. The first-order valence-electron chi connectivity index (χ1n) is 6.79. The minimum Gasteiger partial charge on any atom is -0.323 e. The van der Waals surface area contributed by atoms with Gasteiger partial charge in [0.1, 0.15) is 0 Å². The molecule has 0 saturated heterocycles. The van der Waals surface area contributed by atoms with Crippen LogP contribution in [0.1, 0.15) is 11.6 Å². The highest BCUT2D eigenvalue weighted by atomic mass is 35.5. The molecule has 86 valence electrons. The monoisotopic (exact) mass is 243 g/mol. The molecule has 2 heteroatoms. The van der Waals surface area contributed by atoms with Gasteiger partial charge >= 0.3 is 0 Å². The van der Waals surface area contributed by atoms with Crippen LogP contribution in [0.15, 0.2) is 24.3 Å². The maximum atomic E-state index is 6.60. The zero-order valence-corrected chi connectivity index (χ0v) is 10.1. The molecule has 1 nitrogen and oxygen atoms in total. The lowest BCUT2D eigenvalue weighted by atomic mass is 8.96. The Balaban J connectivity index is 1.42. The molecule has 0 radical (unpaired) electrons. The fourth-order valence-electron chi connectivity index (χ4n) is 7.10. The van der Waals surface area contributed by atoms with Crippen LogP contribution in [0.4, 0.5) is 0 Å². The van der Waals surface area contributed by atoms with Gasteiger partial charge in [0.05, 0.1) is 0 Å². The van der Waals surface area contributed by atoms with E-state index in [4.69, 9.17) is 17.3 Å². The molecule has 6 saturated carbocycles. The molecule has 1 aromatic carbocycles. The van der Waals surface area contributed by atoms with Crippen LogP contribution in [-0.2, 0) is 0 Å². The minimum atomic E-state index is 0.282.